The van der Waals surface area contributed by atoms with E-state index in [0.29, 0.717) is 0 Å². The minimum Gasteiger partial charge on any atom is -0.330 e. The van der Waals surface area contributed by atoms with E-state index in [1.165, 1.54) is 16.5 Å². The van der Waals surface area contributed by atoms with Crippen molar-refractivity contribution in [3.05, 3.63) is 41.6 Å². The Morgan fingerprint density at radius 2 is 2.20 bits per heavy atom. The summed E-state index contributed by atoms with van der Waals surface area (Å²) in [6, 6.07) is 8.48. The first-order chi connectivity index (χ1) is 7.31. The number of aryl methyl sites for hydroxylation is 2. The maximum Gasteiger partial charge on any atom is 0.0734 e. The highest BCUT2D eigenvalue weighted by Crippen LogP contribution is 2.19. The highest BCUT2D eigenvalue weighted by atomic mass is 14.6. The van der Waals surface area contributed by atoms with Crippen LogP contribution in [0.1, 0.15) is 17.5 Å². The molecule has 0 spiro atoms. The van der Waals surface area contributed by atoms with Crippen LogP contribution in [0.5, 0.6) is 0 Å². The zero-order valence-corrected chi connectivity index (χ0v) is 9.03. The van der Waals surface area contributed by atoms with Crippen LogP contribution in [0.4, 0.5) is 0 Å². The Hall–Kier alpha value is -1.41. The molecule has 2 aromatic rings. The number of nitrogens with two attached hydrogens (primary N) is 1. The van der Waals surface area contributed by atoms with E-state index in [9.17, 15) is 0 Å². The van der Waals surface area contributed by atoms with Crippen molar-refractivity contribution < 1.29 is 0 Å². The van der Waals surface area contributed by atoms with Crippen LogP contribution in [0.2, 0.25) is 0 Å². The number of hydrogen-bond acceptors (Lipinski definition) is 2. The fraction of sp³-hybridized carbons (Fsp3) is 0.308. The maximum atomic E-state index is 5.54. The summed E-state index contributed by atoms with van der Waals surface area (Å²) in [4.78, 5) is 4.43. The molecule has 0 radical (unpaired) electrons. The summed E-state index contributed by atoms with van der Waals surface area (Å²) in [5.74, 6) is 0. The van der Waals surface area contributed by atoms with Crippen LogP contribution >= 0.6 is 0 Å². The van der Waals surface area contributed by atoms with Crippen molar-refractivity contribution in [3.63, 3.8) is 0 Å². The molecule has 0 aliphatic carbocycles. The van der Waals surface area contributed by atoms with Crippen molar-refractivity contribution in [2.45, 2.75) is 19.8 Å². The average molecular weight is 200 g/mol. The summed E-state index contributed by atoms with van der Waals surface area (Å²) < 4.78 is 0. The Bertz CT molecular complexity index is 463. The molecule has 0 aliphatic heterocycles. The number of nitrogens with zero attached hydrogens (tertiary/aromatic N) is 1. The predicted octanol–water partition coefficient (Wildman–Crippen LogP) is 2.43. The number of pyridine rings is 1. The fourth-order valence-electron chi connectivity index (χ4n) is 1.92. The smallest absolute Gasteiger partial charge is 0.0734 e. The van der Waals surface area contributed by atoms with Gasteiger partial charge in [-0.1, -0.05) is 17.7 Å². The Morgan fingerprint density at radius 1 is 1.33 bits per heavy atom. The molecule has 0 saturated heterocycles. The van der Waals surface area contributed by atoms with Crippen molar-refractivity contribution in [2.24, 2.45) is 5.73 Å². The molecule has 1 aromatic heterocycles. The lowest BCUT2D eigenvalue weighted by Crippen LogP contribution is -2.01. The Morgan fingerprint density at radius 3 is 3.00 bits per heavy atom. The van der Waals surface area contributed by atoms with E-state index in [-0.39, 0.29) is 0 Å². The molecular formula is C13H16N2. The molecule has 0 amide bonds. The lowest BCUT2D eigenvalue weighted by molar-refractivity contribution is 0.835. The molecule has 0 saturated carbocycles. The van der Waals surface area contributed by atoms with Gasteiger partial charge in [0.15, 0.2) is 0 Å². The van der Waals surface area contributed by atoms with Crippen LogP contribution in [0.15, 0.2) is 30.5 Å². The van der Waals surface area contributed by atoms with Gasteiger partial charge in [0, 0.05) is 11.6 Å². The van der Waals surface area contributed by atoms with Crippen molar-refractivity contribution >= 4 is 10.9 Å². The van der Waals surface area contributed by atoms with Crippen molar-refractivity contribution in [1.29, 1.82) is 0 Å². The Balaban J connectivity index is 2.50. The number of fused-ring (bicyclic) bond motifs is 1. The number of aromatic nitrogens is 1. The van der Waals surface area contributed by atoms with Gasteiger partial charge >= 0.3 is 0 Å². The summed E-state index contributed by atoms with van der Waals surface area (Å²) in [6.45, 7) is 2.86. The lowest BCUT2D eigenvalue weighted by Gasteiger charge is -2.06. The van der Waals surface area contributed by atoms with E-state index in [1.54, 1.807) is 0 Å². The zero-order chi connectivity index (χ0) is 10.7. The first kappa shape index (κ1) is 10.1. The molecule has 15 heavy (non-hydrogen) atoms. The third-order valence-electron chi connectivity index (χ3n) is 2.58. The van der Waals surface area contributed by atoms with Gasteiger partial charge in [-0.2, -0.15) is 0 Å². The molecule has 0 bridgehead atoms. The number of benzene rings is 1. The Labute approximate surface area is 90.1 Å². The summed E-state index contributed by atoms with van der Waals surface area (Å²) in [5.41, 5.74) is 9.27. The van der Waals surface area contributed by atoms with Crippen LogP contribution in [0, 0.1) is 6.92 Å². The number of hydrogen-bond donors (Lipinski definition) is 1. The van der Waals surface area contributed by atoms with Gasteiger partial charge in [0.25, 0.3) is 0 Å². The third-order valence-corrected chi connectivity index (χ3v) is 2.58. The highest BCUT2D eigenvalue weighted by molar-refractivity contribution is 5.82. The van der Waals surface area contributed by atoms with Gasteiger partial charge in [0.05, 0.1) is 5.52 Å². The van der Waals surface area contributed by atoms with E-state index in [2.05, 4.69) is 30.1 Å². The van der Waals surface area contributed by atoms with Gasteiger partial charge in [-0.25, -0.2) is 0 Å². The van der Waals surface area contributed by atoms with Crippen LogP contribution in [0.25, 0.3) is 10.9 Å². The summed E-state index contributed by atoms with van der Waals surface area (Å²) >= 11 is 0. The second kappa shape index (κ2) is 4.41. The van der Waals surface area contributed by atoms with E-state index < -0.39 is 0 Å². The molecule has 0 fully saturated rings. The largest absolute Gasteiger partial charge is 0.330 e. The summed E-state index contributed by atoms with van der Waals surface area (Å²) in [6.07, 6.45) is 3.89. The zero-order valence-electron chi connectivity index (χ0n) is 9.03. The monoisotopic (exact) mass is 200 g/mol. The highest BCUT2D eigenvalue weighted by Gasteiger charge is 2.02. The van der Waals surface area contributed by atoms with Gasteiger partial charge in [-0.05, 0) is 44.0 Å². The molecule has 1 heterocycles. The average Bonchev–Trinajstić information content (AvgIpc) is 2.25. The van der Waals surface area contributed by atoms with Crippen LogP contribution in [0.3, 0.4) is 0 Å². The fourth-order valence-corrected chi connectivity index (χ4v) is 1.92. The molecule has 1 aromatic carbocycles. The van der Waals surface area contributed by atoms with E-state index >= 15 is 0 Å². The predicted molar refractivity (Wildman–Crippen MR) is 63.9 cm³/mol. The maximum absolute atomic E-state index is 5.54. The standard InChI is InChI=1S/C13H16N2/c1-10-8-11(4-2-6-14)13-12(9-10)5-3-7-15-13/h3,5,7-9H,2,4,6,14H2,1H3. The molecule has 2 N–H and O–H groups in total. The minimum atomic E-state index is 0.738. The van der Waals surface area contributed by atoms with Gasteiger partial charge in [0.1, 0.15) is 0 Å². The van der Waals surface area contributed by atoms with Crippen molar-refractivity contribution in [2.75, 3.05) is 6.54 Å². The molecular weight excluding hydrogens is 184 g/mol. The Kier molecular flexibility index (Phi) is 2.97. The van der Waals surface area contributed by atoms with Gasteiger partial charge in [0.2, 0.25) is 0 Å². The van der Waals surface area contributed by atoms with Gasteiger partial charge in [-0.3, -0.25) is 4.98 Å². The normalized spacial score (nSPS) is 10.8. The second-order valence-electron chi connectivity index (χ2n) is 3.89. The van der Waals surface area contributed by atoms with Crippen LogP contribution in [-0.4, -0.2) is 11.5 Å². The quantitative estimate of drug-likeness (QED) is 0.826. The third kappa shape index (κ3) is 2.16. The first-order valence-electron chi connectivity index (χ1n) is 5.35. The minimum absolute atomic E-state index is 0.738. The summed E-state index contributed by atoms with van der Waals surface area (Å²) in [5, 5.41) is 1.23. The van der Waals surface area contributed by atoms with E-state index in [4.69, 9.17) is 5.73 Å². The second-order valence-corrected chi connectivity index (χ2v) is 3.89. The number of rotatable bonds is 3. The van der Waals surface area contributed by atoms with Gasteiger partial charge in [-0.15, -0.1) is 0 Å². The summed E-state index contributed by atoms with van der Waals surface area (Å²) in [7, 11) is 0. The van der Waals surface area contributed by atoms with Crippen molar-refractivity contribution in [3.8, 4) is 0 Å². The van der Waals surface area contributed by atoms with Gasteiger partial charge < -0.3 is 5.73 Å². The topological polar surface area (TPSA) is 38.9 Å². The molecule has 78 valence electrons. The van der Waals surface area contributed by atoms with E-state index in [1.807, 2.05) is 12.3 Å². The first-order valence-corrected chi connectivity index (χ1v) is 5.35. The molecule has 0 unspecified atom stereocenters. The van der Waals surface area contributed by atoms with Crippen LogP contribution in [-0.2, 0) is 6.42 Å². The van der Waals surface area contributed by atoms with Crippen molar-refractivity contribution in [1.82, 2.24) is 4.98 Å². The van der Waals surface area contributed by atoms with Crippen LogP contribution < -0.4 is 5.73 Å². The molecule has 0 aliphatic rings. The lowest BCUT2D eigenvalue weighted by atomic mass is 10.0. The SMILES string of the molecule is Cc1cc(CCCN)c2ncccc2c1. The molecule has 2 rings (SSSR count). The molecule has 0 atom stereocenters. The van der Waals surface area contributed by atoms with E-state index in [0.717, 1.165) is 24.9 Å². The molecule has 2 nitrogen and oxygen atoms in total. The molecule has 2 heteroatoms.